The highest BCUT2D eigenvalue weighted by Crippen LogP contribution is 2.51. The summed E-state index contributed by atoms with van der Waals surface area (Å²) in [6.45, 7) is 11.4. The molecule has 0 saturated carbocycles. The van der Waals surface area contributed by atoms with Crippen molar-refractivity contribution in [3.63, 3.8) is 0 Å². The van der Waals surface area contributed by atoms with E-state index < -0.39 is 0 Å². The standard InChI is InChI=1S/C44H47ClN2O6S2/c1-43(2)38(46(26-10-28-48-50-52-54)36-22-18-30-12-5-7-16-34(30)40(36)43)24-20-32-14-9-15-33(42(32)45)21-25-39-44(3,4)41-35-17-8-6-13-31(35)19-23-37(41)47(39)27-11-29-49-51-53-55/h5-8,12-13,16-25H,9-11,14-15,26-29H2,1-4H3,(H-,54,55)/p+1. The lowest BCUT2D eigenvalue weighted by Crippen LogP contribution is -2.28. The van der Waals surface area contributed by atoms with Crippen LogP contribution in [0, 0.1) is 0 Å². The first-order valence-electron chi connectivity index (χ1n) is 18.8. The summed E-state index contributed by atoms with van der Waals surface area (Å²) in [5.41, 5.74) is 9.26. The molecule has 0 fully saturated rings. The van der Waals surface area contributed by atoms with E-state index in [1.54, 1.807) is 0 Å². The lowest BCUT2D eigenvalue weighted by molar-refractivity contribution is -0.471. The molecule has 3 aliphatic rings. The molecule has 0 aromatic heterocycles. The van der Waals surface area contributed by atoms with Crippen molar-refractivity contribution in [3.8, 4) is 0 Å². The quantitative estimate of drug-likeness (QED) is 0.0310. The molecule has 7 rings (SSSR count). The van der Waals surface area contributed by atoms with E-state index in [9.17, 15) is 0 Å². The molecule has 0 spiro atoms. The van der Waals surface area contributed by atoms with E-state index in [1.807, 2.05) is 0 Å². The molecule has 0 bridgehead atoms. The third-order valence-corrected chi connectivity index (χ3v) is 11.8. The van der Waals surface area contributed by atoms with E-state index in [0.29, 0.717) is 13.2 Å². The van der Waals surface area contributed by atoms with Gasteiger partial charge >= 0.3 is 0 Å². The van der Waals surface area contributed by atoms with Gasteiger partial charge < -0.3 is 4.90 Å². The van der Waals surface area contributed by atoms with Gasteiger partial charge in [0.05, 0.1) is 18.6 Å². The predicted octanol–water partition coefficient (Wildman–Crippen LogP) is 11.4. The van der Waals surface area contributed by atoms with Crippen LogP contribution >= 0.6 is 37.4 Å². The summed E-state index contributed by atoms with van der Waals surface area (Å²) in [5, 5.41) is 14.9. The fourth-order valence-electron chi connectivity index (χ4n) is 8.79. The maximum absolute atomic E-state index is 7.33. The average molecular weight is 800 g/mol. The number of benzene rings is 4. The van der Waals surface area contributed by atoms with Gasteiger partial charge in [0, 0.05) is 78.3 Å². The van der Waals surface area contributed by atoms with E-state index in [0.717, 1.165) is 61.4 Å². The normalized spacial score (nSPS) is 19.2. The molecule has 0 amide bonds. The molecule has 8 nitrogen and oxygen atoms in total. The van der Waals surface area contributed by atoms with Crippen LogP contribution in [0.3, 0.4) is 0 Å². The van der Waals surface area contributed by atoms with Crippen molar-refractivity contribution in [2.24, 2.45) is 0 Å². The van der Waals surface area contributed by atoms with E-state index in [1.165, 1.54) is 55.5 Å². The average Bonchev–Trinajstić information content (AvgIpc) is 3.54. The molecular formula is C44H48ClN2O6S2+. The van der Waals surface area contributed by atoms with Crippen molar-refractivity contribution in [1.29, 1.82) is 0 Å². The Kier molecular flexibility index (Phi) is 12.6. The third kappa shape index (κ3) is 7.94. The Morgan fingerprint density at radius 3 is 2.11 bits per heavy atom. The fraction of sp³-hybridized carbons (Fsp3) is 0.341. The Balaban J connectivity index is 1.22. The van der Waals surface area contributed by atoms with E-state index in [4.69, 9.17) is 21.4 Å². The van der Waals surface area contributed by atoms with Gasteiger partial charge in [-0.05, 0) is 96.0 Å². The topological polar surface area (TPSA) is 61.6 Å². The van der Waals surface area contributed by atoms with E-state index >= 15 is 0 Å². The maximum Gasteiger partial charge on any atom is 0.210 e. The van der Waals surface area contributed by atoms with Crippen LogP contribution in [0.4, 0.5) is 11.4 Å². The second kappa shape index (κ2) is 17.4. The highest BCUT2D eigenvalue weighted by Gasteiger charge is 2.45. The summed E-state index contributed by atoms with van der Waals surface area (Å²) in [4.78, 5) is 12.6. The molecule has 0 radical (unpaired) electrons. The number of allylic oxidation sites excluding steroid dienone is 8. The van der Waals surface area contributed by atoms with Crippen LogP contribution in [-0.2, 0) is 39.3 Å². The Morgan fingerprint density at radius 1 is 0.745 bits per heavy atom. The van der Waals surface area contributed by atoms with Crippen molar-refractivity contribution >= 4 is 76.1 Å². The van der Waals surface area contributed by atoms with Crippen molar-refractivity contribution < 1.29 is 33.1 Å². The van der Waals surface area contributed by atoms with Crippen LogP contribution in [0.1, 0.15) is 70.9 Å². The zero-order valence-corrected chi connectivity index (χ0v) is 34.3. The van der Waals surface area contributed by atoms with Crippen LogP contribution in [0.25, 0.3) is 21.5 Å². The SMILES string of the molecule is CC1(C)C(/C=C/C2=C(Cl)C(=C/C=C3/N(CCCOOOS)c4ccc5ccccc5c4C3(C)C)/CCC2)=[N+](CCCOOOS)c2ccc3ccccc3c21. The molecule has 4 aromatic carbocycles. The minimum Gasteiger partial charge on any atom is -0.344 e. The minimum absolute atomic E-state index is 0.253. The molecule has 0 N–H and O–H groups in total. The van der Waals surface area contributed by atoms with Crippen LogP contribution in [0.2, 0.25) is 0 Å². The van der Waals surface area contributed by atoms with Gasteiger partial charge in [0.15, 0.2) is 12.3 Å². The van der Waals surface area contributed by atoms with E-state index in [2.05, 4.69) is 179 Å². The second-order valence-corrected chi connectivity index (χ2v) is 15.9. The summed E-state index contributed by atoms with van der Waals surface area (Å²) < 4.78 is 11.0. The fourth-order valence-corrected chi connectivity index (χ4v) is 9.19. The molecular weight excluding hydrogens is 752 g/mol. The van der Waals surface area contributed by atoms with Gasteiger partial charge in [-0.25, -0.2) is 9.78 Å². The third-order valence-electron chi connectivity index (χ3n) is 11.2. The van der Waals surface area contributed by atoms with Gasteiger partial charge in [-0.2, -0.15) is 4.58 Å². The summed E-state index contributed by atoms with van der Waals surface area (Å²) in [7, 11) is 0. The Bertz CT molecular complexity index is 2230. The summed E-state index contributed by atoms with van der Waals surface area (Å²) >= 11 is 14.5. The first kappa shape index (κ1) is 39.8. The van der Waals surface area contributed by atoms with E-state index in [-0.39, 0.29) is 10.8 Å². The number of anilines is 1. The summed E-state index contributed by atoms with van der Waals surface area (Å²) in [6.07, 6.45) is 13.3. The Hall–Kier alpha value is -3.42. The van der Waals surface area contributed by atoms with Crippen LogP contribution in [0.15, 0.2) is 119 Å². The number of hydrogen-bond acceptors (Lipinski definition) is 9. The van der Waals surface area contributed by atoms with Crippen molar-refractivity contribution in [2.45, 2.75) is 70.6 Å². The van der Waals surface area contributed by atoms with Gasteiger partial charge in [-0.15, -0.1) is 8.67 Å². The number of halogens is 1. The number of rotatable bonds is 15. The zero-order chi connectivity index (χ0) is 38.6. The predicted molar refractivity (Wildman–Crippen MR) is 227 cm³/mol. The molecule has 0 unspecified atom stereocenters. The number of hydrogen-bond donors (Lipinski definition) is 2. The van der Waals surface area contributed by atoms with Crippen LogP contribution in [-0.4, -0.2) is 36.6 Å². The lowest BCUT2D eigenvalue weighted by Gasteiger charge is -2.27. The molecule has 0 atom stereocenters. The first-order chi connectivity index (χ1) is 26.7. The van der Waals surface area contributed by atoms with Crippen LogP contribution in [0.5, 0.6) is 0 Å². The number of thiol groups is 2. The number of nitrogens with zero attached hydrogens (tertiary/aromatic N) is 2. The number of fused-ring (bicyclic) bond motifs is 6. The highest BCUT2D eigenvalue weighted by atomic mass is 35.5. The second-order valence-electron chi connectivity index (χ2n) is 15.2. The van der Waals surface area contributed by atoms with Gasteiger partial charge in [-0.3, -0.25) is 0 Å². The largest absolute Gasteiger partial charge is 0.344 e. The van der Waals surface area contributed by atoms with Gasteiger partial charge in [0.1, 0.15) is 0 Å². The highest BCUT2D eigenvalue weighted by molar-refractivity contribution is 7.75. The first-order valence-corrected chi connectivity index (χ1v) is 19.9. The van der Waals surface area contributed by atoms with Crippen LogP contribution < -0.4 is 4.90 Å². The molecule has 288 valence electrons. The van der Waals surface area contributed by atoms with Gasteiger partial charge in [-0.1, -0.05) is 102 Å². The van der Waals surface area contributed by atoms with Crippen molar-refractivity contribution in [1.82, 2.24) is 0 Å². The minimum atomic E-state index is -0.253. The maximum atomic E-state index is 7.33. The Labute approximate surface area is 339 Å². The van der Waals surface area contributed by atoms with Crippen molar-refractivity contribution in [2.75, 3.05) is 31.2 Å². The summed E-state index contributed by atoms with van der Waals surface area (Å²) in [5.74, 6) is 0. The van der Waals surface area contributed by atoms with Crippen molar-refractivity contribution in [3.05, 3.63) is 130 Å². The molecule has 55 heavy (non-hydrogen) atoms. The summed E-state index contributed by atoms with van der Waals surface area (Å²) in [6, 6.07) is 26.1. The zero-order valence-electron chi connectivity index (χ0n) is 31.7. The molecule has 0 saturated heterocycles. The molecule has 1 aliphatic carbocycles. The molecule has 11 heteroatoms. The molecule has 4 aromatic rings. The Morgan fingerprint density at radius 2 is 1.40 bits per heavy atom. The van der Waals surface area contributed by atoms with Gasteiger partial charge in [0.25, 0.3) is 0 Å². The lowest BCUT2D eigenvalue weighted by atomic mass is 9.78. The van der Waals surface area contributed by atoms with Gasteiger partial charge in [0.2, 0.25) is 5.69 Å². The molecule has 2 heterocycles. The smallest absolute Gasteiger partial charge is 0.210 e. The molecule has 2 aliphatic heterocycles. The monoisotopic (exact) mass is 799 g/mol.